The van der Waals surface area contributed by atoms with Gasteiger partial charge in [-0.3, -0.25) is 4.98 Å². The molecule has 1 heterocycles. The molecular weight excluding hydrogens is 206 g/mol. The van der Waals surface area contributed by atoms with Crippen LogP contribution in [0.4, 0.5) is 0 Å². The molecule has 1 heteroatoms. The predicted octanol–water partition coefficient (Wildman–Crippen LogP) is 4.12. The second-order valence-electron chi connectivity index (χ2n) is 3.89. The summed E-state index contributed by atoms with van der Waals surface area (Å²) >= 11 is 0. The fourth-order valence-corrected chi connectivity index (χ4v) is 1.57. The van der Waals surface area contributed by atoms with Crippen LogP contribution in [0.25, 0.3) is 12.2 Å². The van der Waals surface area contributed by atoms with Gasteiger partial charge in [0.2, 0.25) is 0 Å². The third kappa shape index (κ3) is 3.72. The summed E-state index contributed by atoms with van der Waals surface area (Å²) in [5.41, 5.74) is 3.47. The van der Waals surface area contributed by atoms with Crippen LogP contribution in [0.3, 0.4) is 0 Å². The number of pyridine rings is 1. The fraction of sp³-hybridized carbons (Fsp3) is 0.0625. The average molecular weight is 221 g/mol. The Labute approximate surface area is 102 Å². The van der Waals surface area contributed by atoms with E-state index < -0.39 is 0 Å². The van der Waals surface area contributed by atoms with Crippen molar-refractivity contribution in [2.24, 2.45) is 0 Å². The summed E-state index contributed by atoms with van der Waals surface area (Å²) in [6.07, 6.45) is 9.91. The molecule has 0 saturated heterocycles. The molecule has 0 fully saturated rings. The molecule has 84 valence electrons. The molecule has 0 atom stereocenters. The van der Waals surface area contributed by atoms with Gasteiger partial charge in [0, 0.05) is 6.20 Å². The largest absolute Gasteiger partial charge is 0.257 e. The quantitative estimate of drug-likeness (QED) is 0.710. The van der Waals surface area contributed by atoms with Crippen molar-refractivity contribution >= 4 is 12.2 Å². The van der Waals surface area contributed by atoms with E-state index in [2.05, 4.69) is 42.2 Å². The third-order valence-corrected chi connectivity index (χ3v) is 2.40. The van der Waals surface area contributed by atoms with Crippen LogP contribution in [0.15, 0.2) is 60.8 Å². The molecule has 2 aromatic rings. The molecule has 2 rings (SSSR count). The maximum atomic E-state index is 4.22. The molecule has 1 aromatic carbocycles. The summed E-state index contributed by atoms with van der Waals surface area (Å²) in [6, 6.07) is 14.3. The molecule has 0 aliphatic heterocycles. The van der Waals surface area contributed by atoms with Gasteiger partial charge in [0.25, 0.3) is 0 Å². The van der Waals surface area contributed by atoms with E-state index in [1.807, 2.05) is 36.4 Å². The maximum absolute atomic E-state index is 4.22. The van der Waals surface area contributed by atoms with Crippen molar-refractivity contribution in [3.63, 3.8) is 0 Å². The molecule has 0 unspecified atom stereocenters. The topological polar surface area (TPSA) is 12.9 Å². The molecule has 0 amide bonds. The van der Waals surface area contributed by atoms with Crippen LogP contribution in [0, 0.1) is 6.92 Å². The molecule has 1 aromatic heterocycles. The number of rotatable bonds is 3. The van der Waals surface area contributed by atoms with Crippen molar-refractivity contribution in [3.8, 4) is 0 Å². The Morgan fingerprint density at radius 1 is 0.941 bits per heavy atom. The highest BCUT2D eigenvalue weighted by Crippen LogP contribution is 2.06. The van der Waals surface area contributed by atoms with Crippen molar-refractivity contribution in [1.82, 2.24) is 4.98 Å². The lowest BCUT2D eigenvalue weighted by Crippen LogP contribution is -1.75. The van der Waals surface area contributed by atoms with Crippen LogP contribution < -0.4 is 0 Å². The van der Waals surface area contributed by atoms with Gasteiger partial charge >= 0.3 is 0 Å². The zero-order chi connectivity index (χ0) is 11.9. The first-order chi connectivity index (χ1) is 8.34. The van der Waals surface area contributed by atoms with Crippen molar-refractivity contribution in [1.29, 1.82) is 0 Å². The van der Waals surface area contributed by atoms with Crippen LogP contribution in [-0.2, 0) is 0 Å². The van der Waals surface area contributed by atoms with Crippen molar-refractivity contribution in [2.75, 3.05) is 0 Å². The zero-order valence-corrected chi connectivity index (χ0v) is 9.88. The molecule has 0 radical (unpaired) electrons. The molecule has 0 spiro atoms. The highest BCUT2D eigenvalue weighted by molar-refractivity contribution is 5.55. The Kier molecular flexibility index (Phi) is 3.87. The SMILES string of the molecule is Cc1cccc(C=CC=Cc2ccccn2)c1. The Balaban J connectivity index is 2.01. The summed E-state index contributed by atoms with van der Waals surface area (Å²) in [7, 11) is 0. The highest BCUT2D eigenvalue weighted by atomic mass is 14.6. The van der Waals surface area contributed by atoms with Gasteiger partial charge in [-0.15, -0.1) is 0 Å². The van der Waals surface area contributed by atoms with Gasteiger partial charge in [0.05, 0.1) is 5.69 Å². The van der Waals surface area contributed by atoms with E-state index in [-0.39, 0.29) is 0 Å². The van der Waals surface area contributed by atoms with Crippen LogP contribution in [0.2, 0.25) is 0 Å². The van der Waals surface area contributed by atoms with E-state index in [9.17, 15) is 0 Å². The number of allylic oxidation sites excluding steroid dienone is 2. The van der Waals surface area contributed by atoms with Gasteiger partial charge in [0.1, 0.15) is 0 Å². The van der Waals surface area contributed by atoms with E-state index >= 15 is 0 Å². The zero-order valence-electron chi connectivity index (χ0n) is 9.88. The van der Waals surface area contributed by atoms with Crippen LogP contribution in [0.1, 0.15) is 16.8 Å². The Hall–Kier alpha value is -2.15. The minimum atomic E-state index is 0.974. The van der Waals surface area contributed by atoms with E-state index in [1.165, 1.54) is 11.1 Å². The van der Waals surface area contributed by atoms with E-state index in [0.717, 1.165) is 5.69 Å². The summed E-state index contributed by atoms with van der Waals surface area (Å²) in [5, 5.41) is 0. The lowest BCUT2D eigenvalue weighted by atomic mass is 10.1. The van der Waals surface area contributed by atoms with Crippen LogP contribution in [0.5, 0.6) is 0 Å². The van der Waals surface area contributed by atoms with Crippen LogP contribution in [-0.4, -0.2) is 4.98 Å². The third-order valence-electron chi connectivity index (χ3n) is 2.40. The van der Waals surface area contributed by atoms with E-state index in [0.29, 0.717) is 0 Å². The molecule has 0 aliphatic carbocycles. The first-order valence-corrected chi connectivity index (χ1v) is 5.67. The highest BCUT2D eigenvalue weighted by Gasteiger charge is 1.86. The van der Waals surface area contributed by atoms with Crippen LogP contribution >= 0.6 is 0 Å². The molecular formula is C16H15N. The molecule has 0 N–H and O–H groups in total. The number of aryl methyl sites for hydroxylation is 1. The molecule has 0 aliphatic rings. The minimum absolute atomic E-state index is 0.974. The number of nitrogens with zero attached hydrogens (tertiary/aromatic N) is 1. The summed E-state index contributed by atoms with van der Waals surface area (Å²) in [4.78, 5) is 4.22. The smallest absolute Gasteiger partial charge is 0.0629 e. The van der Waals surface area contributed by atoms with Gasteiger partial charge in [-0.25, -0.2) is 0 Å². The van der Waals surface area contributed by atoms with E-state index in [4.69, 9.17) is 0 Å². The first-order valence-electron chi connectivity index (χ1n) is 5.67. The maximum Gasteiger partial charge on any atom is 0.0629 e. The Morgan fingerprint density at radius 2 is 1.82 bits per heavy atom. The minimum Gasteiger partial charge on any atom is -0.257 e. The Morgan fingerprint density at radius 3 is 2.59 bits per heavy atom. The molecule has 1 nitrogen and oxygen atoms in total. The summed E-state index contributed by atoms with van der Waals surface area (Å²) in [5.74, 6) is 0. The van der Waals surface area contributed by atoms with Gasteiger partial charge in [-0.05, 0) is 30.7 Å². The van der Waals surface area contributed by atoms with Gasteiger partial charge in [0.15, 0.2) is 0 Å². The van der Waals surface area contributed by atoms with Gasteiger partial charge in [-0.2, -0.15) is 0 Å². The molecule has 0 saturated carbocycles. The monoisotopic (exact) mass is 221 g/mol. The summed E-state index contributed by atoms with van der Waals surface area (Å²) < 4.78 is 0. The number of hydrogen-bond donors (Lipinski definition) is 0. The van der Waals surface area contributed by atoms with Crippen molar-refractivity contribution in [2.45, 2.75) is 6.92 Å². The number of benzene rings is 1. The molecule has 0 bridgehead atoms. The molecule has 17 heavy (non-hydrogen) atoms. The number of hydrogen-bond acceptors (Lipinski definition) is 1. The average Bonchev–Trinajstić information content (AvgIpc) is 2.36. The normalized spacial score (nSPS) is 11.4. The lowest BCUT2D eigenvalue weighted by molar-refractivity contribution is 1.30. The fourth-order valence-electron chi connectivity index (χ4n) is 1.57. The van der Waals surface area contributed by atoms with Gasteiger partial charge in [-0.1, -0.05) is 54.1 Å². The predicted molar refractivity (Wildman–Crippen MR) is 73.5 cm³/mol. The lowest BCUT2D eigenvalue weighted by Gasteiger charge is -1.94. The number of aromatic nitrogens is 1. The second kappa shape index (κ2) is 5.80. The van der Waals surface area contributed by atoms with Crippen molar-refractivity contribution < 1.29 is 0 Å². The van der Waals surface area contributed by atoms with E-state index in [1.54, 1.807) is 6.20 Å². The standard InChI is InChI=1S/C16H15N/c1-14-7-6-9-15(13-14)8-2-3-10-16-11-4-5-12-17-16/h2-13H,1H3. The van der Waals surface area contributed by atoms with Crippen molar-refractivity contribution in [3.05, 3.63) is 77.6 Å². The first kappa shape index (κ1) is 11.3. The Bertz CT molecular complexity index is 524. The van der Waals surface area contributed by atoms with Gasteiger partial charge < -0.3 is 0 Å². The second-order valence-corrected chi connectivity index (χ2v) is 3.89. The summed E-state index contributed by atoms with van der Waals surface area (Å²) in [6.45, 7) is 2.10.